The van der Waals surface area contributed by atoms with Crippen LogP contribution >= 0.6 is 0 Å². The summed E-state index contributed by atoms with van der Waals surface area (Å²) < 4.78 is 2.13. The SMILES string of the molecule is Cc1ccc(-c2cc3c(N[C@@H](C)c4ccccc4)ncnc3n2C)cc1. The van der Waals surface area contributed by atoms with Crippen LogP contribution in [0.15, 0.2) is 67.0 Å². The number of benzene rings is 2. The molecule has 0 fully saturated rings. The predicted octanol–water partition coefficient (Wildman–Crippen LogP) is 5.12. The maximum absolute atomic E-state index is 4.50. The summed E-state index contributed by atoms with van der Waals surface area (Å²) in [5.74, 6) is 0.861. The molecule has 0 saturated heterocycles. The highest BCUT2D eigenvalue weighted by molar-refractivity contribution is 5.92. The van der Waals surface area contributed by atoms with Crippen molar-refractivity contribution in [2.75, 3.05) is 5.32 Å². The Hall–Kier alpha value is -3.14. The van der Waals surface area contributed by atoms with Crippen molar-refractivity contribution in [2.45, 2.75) is 19.9 Å². The average molecular weight is 342 g/mol. The minimum absolute atomic E-state index is 0.164. The van der Waals surface area contributed by atoms with Crippen molar-refractivity contribution in [3.8, 4) is 11.3 Å². The van der Waals surface area contributed by atoms with Crippen LogP contribution in [0.5, 0.6) is 0 Å². The van der Waals surface area contributed by atoms with Gasteiger partial charge in [0.05, 0.1) is 11.1 Å². The molecule has 1 atom stereocenters. The molecule has 0 radical (unpaired) electrons. The van der Waals surface area contributed by atoms with Crippen molar-refractivity contribution < 1.29 is 0 Å². The molecule has 2 heterocycles. The van der Waals surface area contributed by atoms with Crippen LogP contribution in [0.4, 0.5) is 5.82 Å². The van der Waals surface area contributed by atoms with Crippen molar-refractivity contribution in [3.63, 3.8) is 0 Å². The Morgan fingerprint density at radius 2 is 1.69 bits per heavy atom. The van der Waals surface area contributed by atoms with E-state index in [0.717, 1.165) is 22.5 Å². The number of fused-ring (bicyclic) bond motifs is 1. The molecule has 0 spiro atoms. The van der Waals surface area contributed by atoms with E-state index in [2.05, 4.69) is 95.3 Å². The highest BCUT2D eigenvalue weighted by Gasteiger charge is 2.14. The third-order valence-corrected chi connectivity index (χ3v) is 4.82. The zero-order valence-corrected chi connectivity index (χ0v) is 15.3. The number of anilines is 1. The van der Waals surface area contributed by atoms with Gasteiger partial charge in [0.1, 0.15) is 17.8 Å². The van der Waals surface area contributed by atoms with Crippen LogP contribution in [-0.2, 0) is 7.05 Å². The molecule has 1 N–H and O–H groups in total. The minimum atomic E-state index is 0.164. The van der Waals surface area contributed by atoms with Gasteiger partial charge in [0.25, 0.3) is 0 Å². The first-order valence-electron chi connectivity index (χ1n) is 8.82. The lowest BCUT2D eigenvalue weighted by Crippen LogP contribution is -2.08. The molecule has 0 amide bonds. The predicted molar refractivity (Wildman–Crippen MR) is 107 cm³/mol. The highest BCUT2D eigenvalue weighted by atomic mass is 15.1. The van der Waals surface area contributed by atoms with Crippen LogP contribution < -0.4 is 5.32 Å². The van der Waals surface area contributed by atoms with Crippen LogP contribution in [0.25, 0.3) is 22.3 Å². The zero-order valence-electron chi connectivity index (χ0n) is 15.3. The summed E-state index contributed by atoms with van der Waals surface area (Å²) in [5.41, 5.74) is 5.73. The summed E-state index contributed by atoms with van der Waals surface area (Å²) in [6.07, 6.45) is 1.63. The van der Waals surface area contributed by atoms with Crippen LogP contribution in [-0.4, -0.2) is 14.5 Å². The lowest BCUT2D eigenvalue weighted by molar-refractivity contribution is 0.874. The van der Waals surface area contributed by atoms with E-state index in [1.807, 2.05) is 6.07 Å². The van der Waals surface area contributed by atoms with Crippen LogP contribution in [0.3, 0.4) is 0 Å². The average Bonchev–Trinajstić information content (AvgIpc) is 3.01. The molecule has 130 valence electrons. The van der Waals surface area contributed by atoms with Gasteiger partial charge in [-0.05, 0) is 31.0 Å². The van der Waals surface area contributed by atoms with Gasteiger partial charge in [0, 0.05) is 13.1 Å². The highest BCUT2D eigenvalue weighted by Crippen LogP contribution is 2.31. The topological polar surface area (TPSA) is 42.7 Å². The number of rotatable bonds is 4. The summed E-state index contributed by atoms with van der Waals surface area (Å²) >= 11 is 0. The smallest absolute Gasteiger partial charge is 0.145 e. The standard InChI is InChI=1S/C22H22N4/c1-15-9-11-18(12-10-15)20-13-19-21(23-14-24-22(19)26(20)3)25-16(2)17-7-5-4-6-8-17/h4-14,16H,1-3H3,(H,23,24,25)/t16-/m0/s1. The van der Waals surface area contributed by atoms with E-state index in [0.29, 0.717) is 0 Å². The Balaban J connectivity index is 1.75. The van der Waals surface area contributed by atoms with Crippen molar-refractivity contribution in [1.29, 1.82) is 0 Å². The van der Waals surface area contributed by atoms with Gasteiger partial charge in [0.15, 0.2) is 0 Å². The van der Waals surface area contributed by atoms with Crippen molar-refractivity contribution in [3.05, 3.63) is 78.1 Å². The second-order valence-corrected chi connectivity index (χ2v) is 6.69. The fraction of sp³-hybridized carbons (Fsp3) is 0.182. The molecule has 0 aliphatic heterocycles. The van der Waals surface area contributed by atoms with E-state index < -0.39 is 0 Å². The lowest BCUT2D eigenvalue weighted by atomic mass is 10.1. The molecular formula is C22H22N4. The molecule has 2 aromatic heterocycles. The molecule has 0 unspecified atom stereocenters. The van der Waals surface area contributed by atoms with E-state index in [1.54, 1.807) is 6.33 Å². The fourth-order valence-electron chi connectivity index (χ4n) is 3.28. The molecule has 2 aromatic carbocycles. The third kappa shape index (κ3) is 2.94. The van der Waals surface area contributed by atoms with E-state index in [-0.39, 0.29) is 6.04 Å². The lowest BCUT2D eigenvalue weighted by Gasteiger charge is -2.15. The molecule has 4 rings (SSSR count). The molecule has 0 aliphatic carbocycles. The molecule has 4 nitrogen and oxygen atoms in total. The van der Waals surface area contributed by atoms with Gasteiger partial charge in [-0.2, -0.15) is 0 Å². The number of aromatic nitrogens is 3. The quantitative estimate of drug-likeness (QED) is 0.560. The van der Waals surface area contributed by atoms with Gasteiger partial charge in [0.2, 0.25) is 0 Å². The maximum Gasteiger partial charge on any atom is 0.145 e. The largest absolute Gasteiger partial charge is 0.363 e. The van der Waals surface area contributed by atoms with Crippen molar-refractivity contribution in [1.82, 2.24) is 14.5 Å². The summed E-state index contributed by atoms with van der Waals surface area (Å²) in [6.45, 7) is 4.25. The van der Waals surface area contributed by atoms with Crippen molar-refractivity contribution in [2.24, 2.45) is 7.05 Å². The van der Waals surface area contributed by atoms with E-state index >= 15 is 0 Å². The monoisotopic (exact) mass is 342 g/mol. The van der Waals surface area contributed by atoms with E-state index in [9.17, 15) is 0 Å². The zero-order chi connectivity index (χ0) is 18.1. The maximum atomic E-state index is 4.50. The number of aryl methyl sites for hydroxylation is 2. The number of hydrogen-bond donors (Lipinski definition) is 1. The number of hydrogen-bond acceptors (Lipinski definition) is 3. The number of nitrogens with one attached hydrogen (secondary N) is 1. The molecular weight excluding hydrogens is 320 g/mol. The van der Waals surface area contributed by atoms with Crippen molar-refractivity contribution >= 4 is 16.9 Å². The Morgan fingerprint density at radius 3 is 2.42 bits per heavy atom. The Labute approximate surface area is 153 Å². The van der Waals surface area contributed by atoms with E-state index in [1.165, 1.54) is 16.7 Å². The normalized spacial score (nSPS) is 12.3. The van der Waals surface area contributed by atoms with Gasteiger partial charge in [-0.25, -0.2) is 9.97 Å². The first-order chi connectivity index (χ1) is 12.6. The first kappa shape index (κ1) is 16.3. The Morgan fingerprint density at radius 1 is 0.962 bits per heavy atom. The first-order valence-corrected chi connectivity index (χ1v) is 8.82. The van der Waals surface area contributed by atoms with Crippen LogP contribution in [0, 0.1) is 6.92 Å². The molecule has 0 saturated carbocycles. The number of nitrogens with zero attached hydrogens (tertiary/aromatic N) is 3. The third-order valence-electron chi connectivity index (χ3n) is 4.82. The molecule has 0 aliphatic rings. The van der Waals surface area contributed by atoms with Crippen LogP contribution in [0.1, 0.15) is 24.1 Å². The Kier molecular flexibility index (Phi) is 4.17. The fourth-order valence-corrected chi connectivity index (χ4v) is 3.28. The Bertz CT molecular complexity index is 1030. The van der Waals surface area contributed by atoms with E-state index in [4.69, 9.17) is 0 Å². The van der Waals surface area contributed by atoms with Gasteiger partial charge >= 0.3 is 0 Å². The molecule has 0 bridgehead atoms. The van der Waals surface area contributed by atoms with Gasteiger partial charge in [-0.15, -0.1) is 0 Å². The summed E-state index contributed by atoms with van der Waals surface area (Å²) in [4.78, 5) is 9.00. The summed E-state index contributed by atoms with van der Waals surface area (Å²) in [5, 5.41) is 4.57. The second kappa shape index (κ2) is 6.64. The van der Waals surface area contributed by atoms with Gasteiger partial charge < -0.3 is 9.88 Å². The van der Waals surface area contributed by atoms with Gasteiger partial charge in [-0.3, -0.25) is 0 Å². The molecule has 4 heteroatoms. The molecule has 26 heavy (non-hydrogen) atoms. The minimum Gasteiger partial charge on any atom is -0.363 e. The van der Waals surface area contributed by atoms with Gasteiger partial charge in [-0.1, -0.05) is 60.2 Å². The molecule has 4 aromatic rings. The second-order valence-electron chi connectivity index (χ2n) is 6.69. The summed E-state index contributed by atoms with van der Waals surface area (Å²) in [6, 6.07) is 21.3. The van der Waals surface area contributed by atoms with Crippen LogP contribution in [0.2, 0.25) is 0 Å². The summed E-state index contributed by atoms with van der Waals surface area (Å²) in [7, 11) is 2.05.